The maximum absolute atomic E-state index is 12.6. The van der Waals surface area contributed by atoms with Gasteiger partial charge >= 0.3 is 0 Å². The SMILES string of the molecule is COc1ccccc1[C@@H](CCN(Cc1ccc(OC(C)C)cc1)C(C)=O)c1ccc2c(c1)OCO2. The summed E-state index contributed by atoms with van der Waals surface area (Å²) in [5, 5.41) is 0. The molecule has 6 nitrogen and oxygen atoms in total. The third-order valence-electron chi connectivity index (χ3n) is 6.11. The Morgan fingerprint density at radius 1 is 1.00 bits per heavy atom. The minimum atomic E-state index is 0.0179. The Morgan fingerprint density at radius 3 is 2.46 bits per heavy atom. The topological polar surface area (TPSA) is 57.2 Å². The number of hydrogen-bond acceptors (Lipinski definition) is 5. The molecule has 4 rings (SSSR count). The van der Waals surface area contributed by atoms with E-state index in [0.717, 1.165) is 46.1 Å². The molecule has 3 aromatic rings. The molecule has 3 aromatic carbocycles. The molecule has 1 heterocycles. The van der Waals surface area contributed by atoms with Crippen LogP contribution in [0.2, 0.25) is 0 Å². The van der Waals surface area contributed by atoms with Crippen LogP contribution in [0, 0.1) is 0 Å². The summed E-state index contributed by atoms with van der Waals surface area (Å²) in [5.41, 5.74) is 3.23. The maximum atomic E-state index is 12.6. The molecular weight excluding hydrogens is 442 g/mol. The van der Waals surface area contributed by atoms with E-state index in [9.17, 15) is 4.79 Å². The molecular formula is C29H33NO5. The number of ether oxygens (including phenoxy) is 4. The Kier molecular flexibility index (Phi) is 7.80. The monoisotopic (exact) mass is 475 g/mol. The quantitative estimate of drug-likeness (QED) is 0.372. The fourth-order valence-corrected chi connectivity index (χ4v) is 4.38. The van der Waals surface area contributed by atoms with Gasteiger partial charge in [0.15, 0.2) is 11.5 Å². The third kappa shape index (κ3) is 6.07. The van der Waals surface area contributed by atoms with Crippen molar-refractivity contribution in [3.63, 3.8) is 0 Å². The average molecular weight is 476 g/mol. The van der Waals surface area contributed by atoms with Crippen LogP contribution in [0.1, 0.15) is 49.8 Å². The van der Waals surface area contributed by atoms with Crippen molar-refractivity contribution in [1.82, 2.24) is 4.90 Å². The molecule has 0 aromatic heterocycles. The molecule has 0 saturated carbocycles. The van der Waals surface area contributed by atoms with Gasteiger partial charge in [-0.2, -0.15) is 0 Å². The molecule has 0 N–H and O–H groups in total. The fraction of sp³-hybridized carbons (Fsp3) is 0.345. The van der Waals surface area contributed by atoms with Gasteiger partial charge in [0.1, 0.15) is 11.5 Å². The summed E-state index contributed by atoms with van der Waals surface area (Å²) in [5.74, 6) is 3.21. The number of methoxy groups -OCH3 is 1. The minimum absolute atomic E-state index is 0.0179. The van der Waals surface area contributed by atoms with E-state index in [4.69, 9.17) is 18.9 Å². The number of amides is 1. The zero-order chi connectivity index (χ0) is 24.8. The van der Waals surface area contributed by atoms with Crippen molar-refractivity contribution < 1.29 is 23.7 Å². The van der Waals surface area contributed by atoms with E-state index in [1.54, 1.807) is 14.0 Å². The zero-order valence-electron chi connectivity index (χ0n) is 20.8. The predicted molar refractivity (Wildman–Crippen MR) is 135 cm³/mol. The first-order chi connectivity index (χ1) is 16.9. The Balaban J connectivity index is 1.55. The van der Waals surface area contributed by atoms with Gasteiger partial charge in [-0.3, -0.25) is 4.79 Å². The van der Waals surface area contributed by atoms with E-state index in [2.05, 4.69) is 12.1 Å². The van der Waals surface area contributed by atoms with Gasteiger partial charge < -0.3 is 23.8 Å². The van der Waals surface area contributed by atoms with Crippen LogP contribution in [0.5, 0.6) is 23.0 Å². The van der Waals surface area contributed by atoms with Crippen LogP contribution in [-0.2, 0) is 11.3 Å². The first kappa shape index (κ1) is 24.5. The van der Waals surface area contributed by atoms with Crippen molar-refractivity contribution in [3.05, 3.63) is 83.4 Å². The van der Waals surface area contributed by atoms with Gasteiger partial charge in [-0.1, -0.05) is 36.4 Å². The van der Waals surface area contributed by atoms with E-state index in [0.29, 0.717) is 13.1 Å². The van der Waals surface area contributed by atoms with Crippen LogP contribution >= 0.6 is 0 Å². The second kappa shape index (κ2) is 11.2. The fourth-order valence-electron chi connectivity index (χ4n) is 4.38. The first-order valence-corrected chi connectivity index (χ1v) is 12.0. The highest BCUT2D eigenvalue weighted by Crippen LogP contribution is 2.40. The van der Waals surface area contributed by atoms with E-state index in [1.165, 1.54) is 0 Å². The molecule has 1 aliphatic rings. The van der Waals surface area contributed by atoms with Crippen molar-refractivity contribution in [2.24, 2.45) is 0 Å². The summed E-state index contributed by atoms with van der Waals surface area (Å²) in [4.78, 5) is 14.4. The van der Waals surface area contributed by atoms with Crippen molar-refractivity contribution in [2.45, 2.75) is 45.8 Å². The Bertz CT molecular complexity index is 1140. The van der Waals surface area contributed by atoms with Gasteiger partial charge in [0, 0.05) is 31.5 Å². The highest BCUT2D eigenvalue weighted by atomic mass is 16.7. The second-order valence-corrected chi connectivity index (χ2v) is 8.95. The molecule has 1 aliphatic heterocycles. The molecule has 35 heavy (non-hydrogen) atoms. The van der Waals surface area contributed by atoms with Crippen molar-refractivity contribution >= 4 is 5.91 Å². The van der Waals surface area contributed by atoms with Crippen LogP contribution in [0.25, 0.3) is 0 Å². The van der Waals surface area contributed by atoms with E-state index < -0.39 is 0 Å². The molecule has 6 heteroatoms. The van der Waals surface area contributed by atoms with Gasteiger partial charge in [0.25, 0.3) is 0 Å². The summed E-state index contributed by atoms with van der Waals surface area (Å²) in [7, 11) is 1.68. The largest absolute Gasteiger partial charge is 0.496 e. The van der Waals surface area contributed by atoms with Crippen molar-refractivity contribution in [1.29, 1.82) is 0 Å². The Hall–Kier alpha value is -3.67. The highest BCUT2D eigenvalue weighted by Gasteiger charge is 2.23. The van der Waals surface area contributed by atoms with Crippen LogP contribution in [0.15, 0.2) is 66.7 Å². The predicted octanol–water partition coefficient (Wildman–Crippen LogP) is 5.78. The van der Waals surface area contributed by atoms with Gasteiger partial charge in [0.2, 0.25) is 12.7 Å². The number of hydrogen-bond donors (Lipinski definition) is 0. The lowest BCUT2D eigenvalue weighted by Gasteiger charge is -2.26. The van der Waals surface area contributed by atoms with E-state index in [1.807, 2.05) is 73.3 Å². The summed E-state index contributed by atoms with van der Waals surface area (Å²) in [6.45, 7) is 6.99. The molecule has 0 fully saturated rings. The number of carbonyl (C=O) groups excluding carboxylic acids is 1. The van der Waals surface area contributed by atoms with Crippen LogP contribution < -0.4 is 18.9 Å². The summed E-state index contributed by atoms with van der Waals surface area (Å²) in [6.07, 6.45) is 0.853. The molecule has 0 saturated heterocycles. The lowest BCUT2D eigenvalue weighted by molar-refractivity contribution is -0.129. The molecule has 0 spiro atoms. The van der Waals surface area contributed by atoms with Crippen molar-refractivity contribution in [2.75, 3.05) is 20.4 Å². The first-order valence-electron chi connectivity index (χ1n) is 12.0. The van der Waals surface area contributed by atoms with Crippen LogP contribution in [-0.4, -0.2) is 37.4 Å². The summed E-state index contributed by atoms with van der Waals surface area (Å²) < 4.78 is 22.6. The zero-order valence-corrected chi connectivity index (χ0v) is 20.8. The Morgan fingerprint density at radius 2 is 1.74 bits per heavy atom. The summed E-state index contributed by atoms with van der Waals surface area (Å²) >= 11 is 0. The second-order valence-electron chi connectivity index (χ2n) is 8.95. The number of para-hydroxylation sites is 1. The number of benzene rings is 3. The maximum Gasteiger partial charge on any atom is 0.231 e. The minimum Gasteiger partial charge on any atom is -0.496 e. The van der Waals surface area contributed by atoms with Gasteiger partial charge in [-0.25, -0.2) is 0 Å². The van der Waals surface area contributed by atoms with Gasteiger partial charge in [0.05, 0.1) is 13.2 Å². The molecule has 1 amide bonds. The van der Waals surface area contributed by atoms with Crippen LogP contribution in [0.4, 0.5) is 0 Å². The van der Waals surface area contributed by atoms with E-state index in [-0.39, 0.29) is 24.7 Å². The van der Waals surface area contributed by atoms with Gasteiger partial charge in [-0.15, -0.1) is 0 Å². The number of rotatable bonds is 10. The average Bonchev–Trinajstić information content (AvgIpc) is 3.32. The van der Waals surface area contributed by atoms with E-state index >= 15 is 0 Å². The molecule has 0 aliphatic carbocycles. The van der Waals surface area contributed by atoms with Crippen LogP contribution in [0.3, 0.4) is 0 Å². The molecule has 0 bridgehead atoms. The highest BCUT2D eigenvalue weighted by molar-refractivity contribution is 5.73. The lowest BCUT2D eigenvalue weighted by Crippen LogP contribution is -2.30. The number of carbonyl (C=O) groups is 1. The third-order valence-corrected chi connectivity index (χ3v) is 6.11. The number of fused-ring (bicyclic) bond motifs is 1. The summed E-state index contributed by atoms with van der Waals surface area (Å²) in [6, 6.07) is 22.0. The normalized spacial score (nSPS) is 12.9. The molecule has 0 radical (unpaired) electrons. The lowest BCUT2D eigenvalue weighted by atomic mass is 9.87. The molecule has 184 valence electrons. The smallest absolute Gasteiger partial charge is 0.231 e. The number of nitrogens with zero attached hydrogens (tertiary/aromatic N) is 1. The molecule has 1 atom stereocenters. The standard InChI is InChI=1S/C29H33NO5/c1-20(2)35-24-12-9-22(10-13-24)18-30(21(3)31)16-15-25(26-7-5-6-8-27(26)32-4)23-11-14-28-29(17-23)34-19-33-28/h5-14,17,20,25H,15-16,18-19H2,1-4H3/t25-/m0/s1. The molecule has 0 unspecified atom stereocenters. The van der Waals surface area contributed by atoms with Crippen molar-refractivity contribution in [3.8, 4) is 23.0 Å². The van der Waals surface area contributed by atoms with Gasteiger partial charge in [-0.05, 0) is 61.7 Å². The Labute approximate surface area is 207 Å².